The monoisotopic (exact) mass is 265 g/mol. The van der Waals surface area contributed by atoms with Crippen molar-refractivity contribution in [3.8, 4) is 0 Å². The summed E-state index contributed by atoms with van der Waals surface area (Å²) in [5.74, 6) is 0.328. The molecule has 1 aromatic heterocycles. The van der Waals surface area contributed by atoms with Crippen molar-refractivity contribution in [1.82, 2.24) is 15.1 Å². The Balaban J connectivity index is 1.90. The van der Waals surface area contributed by atoms with E-state index >= 15 is 0 Å². The molecule has 0 radical (unpaired) electrons. The van der Waals surface area contributed by atoms with Gasteiger partial charge in [0.25, 0.3) is 5.91 Å². The minimum atomic E-state index is -0.195. The Bertz CT molecular complexity index is 442. The summed E-state index contributed by atoms with van der Waals surface area (Å²) in [6.07, 6.45) is 3.63. The van der Waals surface area contributed by atoms with E-state index in [-0.39, 0.29) is 12.0 Å². The lowest BCUT2D eigenvalue weighted by molar-refractivity contribution is 0.0866. The maximum absolute atomic E-state index is 12.1. The number of nitrogens with one attached hydrogen (secondary N) is 1. The number of carbonyl (C=O) groups is 1. The van der Waals surface area contributed by atoms with Gasteiger partial charge < -0.3 is 10.4 Å². The number of carbonyl (C=O) groups excluding carboxylic acids is 1. The number of aromatic nitrogens is 2. The number of amides is 1. The number of aliphatic hydroxyl groups excluding tert-OH is 1. The van der Waals surface area contributed by atoms with E-state index in [1.54, 1.807) is 4.68 Å². The van der Waals surface area contributed by atoms with Gasteiger partial charge in [0.15, 0.2) is 0 Å². The normalized spacial score (nSPS) is 23.3. The highest BCUT2D eigenvalue weighted by atomic mass is 16.3. The number of hydrogen-bond acceptors (Lipinski definition) is 3. The van der Waals surface area contributed by atoms with E-state index in [2.05, 4.69) is 10.4 Å². The van der Waals surface area contributed by atoms with Crippen molar-refractivity contribution in [3.63, 3.8) is 0 Å². The standard InChI is InChI=1S/C14H23N3O2/c1-3-17-13(7-10(2)16-17)14(19)15-9-11-5-4-6-12(18)8-11/h7,11-12,18H,3-6,8-9H2,1-2H3,(H,15,19). The molecule has 19 heavy (non-hydrogen) atoms. The molecule has 106 valence electrons. The molecule has 1 saturated carbocycles. The third-order valence-corrected chi connectivity index (χ3v) is 3.74. The zero-order chi connectivity index (χ0) is 13.8. The minimum Gasteiger partial charge on any atom is -0.393 e. The lowest BCUT2D eigenvalue weighted by Crippen LogP contribution is -2.34. The third-order valence-electron chi connectivity index (χ3n) is 3.74. The first-order chi connectivity index (χ1) is 9.10. The predicted octanol–water partition coefficient (Wildman–Crippen LogP) is 1.49. The minimum absolute atomic E-state index is 0.0671. The van der Waals surface area contributed by atoms with Gasteiger partial charge in [-0.3, -0.25) is 9.48 Å². The average Bonchev–Trinajstić information content (AvgIpc) is 2.77. The Hall–Kier alpha value is -1.36. The van der Waals surface area contributed by atoms with Crippen LogP contribution in [0, 0.1) is 12.8 Å². The van der Waals surface area contributed by atoms with Crippen LogP contribution in [0.4, 0.5) is 0 Å². The highest BCUT2D eigenvalue weighted by molar-refractivity contribution is 5.92. The molecular weight excluding hydrogens is 242 g/mol. The first-order valence-corrected chi connectivity index (χ1v) is 7.11. The molecule has 2 atom stereocenters. The number of aliphatic hydroxyl groups is 1. The highest BCUT2D eigenvalue weighted by Crippen LogP contribution is 2.23. The van der Waals surface area contributed by atoms with E-state index in [1.165, 1.54) is 0 Å². The van der Waals surface area contributed by atoms with Crippen molar-refractivity contribution in [3.05, 3.63) is 17.5 Å². The van der Waals surface area contributed by atoms with Gasteiger partial charge in [-0.2, -0.15) is 5.10 Å². The SMILES string of the molecule is CCn1nc(C)cc1C(=O)NCC1CCCC(O)C1. The Morgan fingerprint density at radius 1 is 1.58 bits per heavy atom. The molecule has 1 aliphatic carbocycles. The van der Waals surface area contributed by atoms with E-state index in [0.29, 0.717) is 24.7 Å². The fraction of sp³-hybridized carbons (Fsp3) is 0.714. The zero-order valence-electron chi connectivity index (χ0n) is 11.7. The summed E-state index contributed by atoms with van der Waals surface area (Å²) in [4.78, 5) is 12.1. The van der Waals surface area contributed by atoms with Gasteiger partial charge in [0.05, 0.1) is 11.8 Å². The largest absolute Gasteiger partial charge is 0.393 e. The molecule has 1 aromatic rings. The van der Waals surface area contributed by atoms with Gasteiger partial charge in [0.2, 0.25) is 0 Å². The Labute approximate surface area is 114 Å². The molecule has 0 aromatic carbocycles. The van der Waals surface area contributed by atoms with Crippen molar-refractivity contribution >= 4 is 5.91 Å². The molecule has 1 aliphatic rings. The van der Waals surface area contributed by atoms with E-state index in [0.717, 1.165) is 31.4 Å². The molecule has 1 amide bonds. The summed E-state index contributed by atoms with van der Waals surface area (Å²) in [5, 5.41) is 16.9. The van der Waals surface area contributed by atoms with Crippen molar-refractivity contribution in [2.45, 2.75) is 52.2 Å². The Morgan fingerprint density at radius 3 is 3.05 bits per heavy atom. The van der Waals surface area contributed by atoms with Crippen LogP contribution in [0.25, 0.3) is 0 Å². The zero-order valence-corrected chi connectivity index (χ0v) is 11.7. The van der Waals surface area contributed by atoms with Gasteiger partial charge in [-0.1, -0.05) is 6.42 Å². The molecule has 5 nitrogen and oxygen atoms in total. The van der Waals surface area contributed by atoms with Crippen LogP contribution in [0.15, 0.2) is 6.07 Å². The van der Waals surface area contributed by atoms with Crippen LogP contribution in [0.2, 0.25) is 0 Å². The number of rotatable bonds is 4. The van der Waals surface area contributed by atoms with E-state index in [4.69, 9.17) is 0 Å². The second-order valence-electron chi connectivity index (χ2n) is 5.38. The van der Waals surface area contributed by atoms with Crippen molar-refractivity contribution in [2.24, 2.45) is 5.92 Å². The van der Waals surface area contributed by atoms with Crippen molar-refractivity contribution < 1.29 is 9.90 Å². The summed E-state index contributed by atoms with van der Waals surface area (Å²) in [6, 6.07) is 1.81. The van der Waals surface area contributed by atoms with Gasteiger partial charge in [0, 0.05) is 13.1 Å². The van der Waals surface area contributed by atoms with Crippen LogP contribution in [-0.4, -0.2) is 33.4 Å². The second-order valence-corrected chi connectivity index (χ2v) is 5.38. The molecular formula is C14H23N3O2. The smallest absolute Gasteiger partial charge is 0.269 e. The molecule has 0 aliphatic heterocycles. The summed E-state index contributed by atoms with van der Waals surface area (Å²) >= 11 is 0. The van der Waals surface area contributed by atoms with Gasteiger partial charge in [-0.05, 0) is 45.1 Å². The first kappa shape index (κ1) is 14.1. The lowest BCUT2D eigenvalue weighted by Gasteiger charge is -2.25. The molecule has 2 unspecified atom stereocenters. The fourth-order valence-corrected chi connectivity index (χ4v) is 2.74. The van der Waals surface area contributed by atoms with Crippen molar-refractivity contribution in [2.75, 3.05) is 6.54 Å². The van der Waals surface area contributed by atoms with Gasteiger partial charge >= 0.3 is 0 Å². The number of aryl methyl sites for hydroxylation is 2. The van der Waals surface area contributed by atoms with Crippen molar-refractivity contribution in [1.29, 1.82) is 0 Å². The van der Waals surface area contributed by atoms with Crippen LogP contribution in [0.5, 0.6) is 0 Å². The topological polar surface area (TPSA) is 67.2 Å². The molecule has 1 fully saturated rings. The summed E-state index contributed by atoms with van der Waals surface area (Å²) in [5.41, 5.74) is 1.48. The van der Waals surface area contributed by atoms with Gasteiger partial charge in [-0.15, -0.1) is 0 Å². The van der Waals surface area contributed by atoms with E-state index in [9.17, 15) is 9.90 Å². The third kappa shape index (κ3) is 3.56. The average molecular weight is 265 g/mol. The van der Waals surface area contributed by atoms with E-state index < -0.39 is 0 Å². The quantitative estimate of drug-likeness (QED) is 0.866. The first-order valence-electron chi connectivity index (χ1n) is 7.11. The number of nitrogens with zero attached hydrogens (tertiary/aromatic N) is 2. The Morgan fingerprint density at radius 2 is 2.37 bits per heavy atom. The molecule has 0 spiro atoms. The molecule has 0 saturated heterocycles. The molecule has 2 rings (SSSR count). The van der Waals surface area contributed by atoms with E-state index in [1.807, 2.05) is 19.9 Å². The molecule has 0 bridgehead atoms. The van der Waals surface area contributed by atoms with Gasteiger partial charge in [0.1, 0.15) is 5.69 Å². The summed E-state index contributed by atoms with van der Waals surface area (Å²) in [7, 11) is 0. The van der Waals surface area contributed by atoms with Gasteiger partial charge in [-0.25, -0.2) is 0 Å². The Kier molecular flexibility index (Phi) is 4.58. The molecule has 1 heterocycles. The molecule has 5 heteroatoms. The maximum atomic E-state index is 12.1. The lowest BCUT2D eigenvalue weighted by atomic mass is 9.87. The van der Waals surface area contributed by atoms with Crippen LogP contribution in [0.3, 0.4) is 0 Å². The number of hydrogen-bond donors (Lipinski definition) is 2. The summed E-state index contributed by atoms with van der Waals surface area (Å²) < 4.78 is 1.72. The fourth-order valence-electron chi connectivity index (χ4n) is 2.74. The van der Waals surface area contributed by atoms with Crippen LogP contribution < -0.4 is 5.32 Å². The van der Waals surface area contributed by atoms with Crippen LogP contribution >= 0.6 is 0 Å². The predicted molar refractivity (Wildman–Crippen MR) is 72.9 cm³/mol. The maximum Gasteiger partial charge on any atom is 0.269 e. The summed E-state index contributed by atoms with van der Waals surface area (Å²) in [6.45, 7) is 5.20. The van der Waals surface area contributed by atoms with Crippen LogP contribution in [-0.2, 0) is 6.54 Å². The highest BCUT2D eigenvalue weighted by Gasteiger charge is 2.21. The second kappa shape index (κ2) is 6.19. The molecule has 2 N–H and O–H groups in total. The van der Waals surface area contributed by atoms with Crippen LogP contribution in [0.1, 0.15) is 48.8 Å².